The number of carbonyl (C=O) groups excluding carboxylic acids is 1. The van der Waals surface area contributed by atoms with Gasteiger partial charge in [-0.25, -0.2) is 9.18 Å². The maximum Gasteiger partial charge on any atom is 0.315 e. The van der Waals surface area contributed by atoms with Crippen molar-refractivity contribution >= 4 is 6.03 Å². The second kappa shape index (κ2) is 4.60. The Labute approximate surface area is 82.3 Å². The van der Waals surface area contributed by atoms with Crippen LogP contribution in [-0.4, -0.2) is 13.1 Å². The first-order valence-electron chi connectivity index (χ1n) is 4.37. The van der Waals surface area contributed by atoms with Crippen molar-refractivity contribution in [3.8, 4) is 0 Å². The number of rotatable bonds is 2. The molecule has 0 aliphatic heterocycles. The molecule has 1 aromatic rings. The highest BCUT2D eigenvalue weighted by Crippen LogP contribution is 2.12. The number of nitrogens with one attached hydrogen (secondary N) is 2. The number of halogens is 1. The summed E-state index contributed by atoms with van der Waals surface area (Å²) in [6, 6.07) is 5.66. The number of amides is 2. The van der Waals surface area contributed by atoms with Crippen molar-refractivity contribution in [1.29, 1.82) is 0 Å². The quantitative estimate of drug-likeness (QED) is 0.744. The minimum atomic E-state index is -0.277. The molecule has 1 aromatic carbocycles. The van der Waals surface area contributed by atoms with Crippen LogP contribution in [0, 0.1) is 5.82 Å². The van der Waals surface area contributed by atoms with Gasteiger partial charge >= 0.3 is 6.03 Å². The predicted octanol–water partition coefficient (Wildman–Crippen LogP) is 1.82. The first kappa shape index (κ1) is 10.5. The third-order valence-corrected chi connectivity index (χ3v) is 1.94. The summed E-state index contributed by atoms with van der Waals surface area (Å²) in [6.07, 6.45) is 0. The van der Waals surface area contributed by atoms with E-state index >= 15 is 0 Å². The standard InChI is InChI=1S/C10H13FN2O/c1-7(13-10(14)12-2)8-3-5-9(11)6-4-8/h3-7H,1-2H3,(H2,12,13,14). The van der Waals surface area contributed by atoms with E-state index in [-0.39, 0.29) is 17.9 Å². The van der Waals surface area contributed by atoms with Crippen LogP contribution in [0.4, 0.5) is 9.18 Å². The van der Waals surface area contributed by atoms with Gasteiger partial charge in [0.1, 0.15) is 5.82 Å². The van der Waals surface area contributed by atoms with Gasteiger partial charge in [-0.15, -0.1) is 0 Å². The fraction of sp³-hybridized carbons (Fsp3) is 0.300. The molecule has 1 rings (SSSR count). The van der Waals surface area contributed by atoms with Crippen LogP contribution >= 0.6 is 0 Å². The minimum absolute atomic E-state index is 0.129. The molecular weight excluding hydrogens is 183 g/mol. The third kappa shape index (κ3) is 2.73. The van der Waals surface area contributed by atoms with Crippen molar-refractivity contribution in [2.45, 2.75) is 13.0 Å². The molecule has 4 heteroatoms. The number of urea groups is 1. The van der Waals surface area contributed by atoms with Gasteiger partial charge in [0.15, 0.2) is 0 Å². The molecule has 0 aromatic heterocycles. The van der Waals surface area contributed by atoms with Crippen molar-refractivity contribution in [1.82, 2.24) is 10.6 Å². The van der Waals surface area contributed by atoms with Gasteiger partial charge in [-0.3, -0.25) is 0 Å². The molecule has 1 unspecified atom stereocenters. The fourth-order valence-corrected chi connectivity index (χ4v) is 1.10. The van der Waals surface area contributed by atoms with Gasteiger partial charge in [0.05, 0.1) is 6.04 Å². The molecular formula is C10H13FN2O. The Balaban J connectivity index is 2.65. The van der Waals surface area contributed by atoms with Crippen LogP contribution in [-0.2, 0) is 0 Å². The molecule has 14 heavy (non-hydrogen) atoms. The highest BCUT2D eigenvalue weighted by Gasteiger charge is 2.07. The van der Waals surface area contributed by atoms with E-state index < -0.39 is 0 Å². The van der Waals surface area contributed by atoms with Crippen LogP contribution in [0.3, 0.4) is 0 Å². The summed E-state index contributed by atoms with van der Waals surface area (Å²) >= 11 is 0. The van der Waals surface area contributed by atoms with Crippen LogP contribution in [0.15, 0.2) is 24.3 Å². The highest BCUT2D eigenvalue weighted by atomic mass is 19.1. The van der Waals surface area contributed by atoms with Crippen molar-refractivity contribution in [3.05, 3.63) is 35.6 Å². The molecule has 0 heterocycles. The van der Waals surface area contributed by atoms with E-state index in [0.717, 1.165) is 5.56 Å². The van der Waals surface area contributed by atoms with Gasteiger partial charge in [-0.2, -0.15) is 0 Å². The van der Waals surface area contributed by atoms with Crippen LogP contribution in [0.25, 0.3) is 0 Å². The Morgan fingerprint density at radius 2 is 1.93 bits per heavy atom. The summed E-state index contributed by atoms with van der Waals surface area (Å²) in [4.78, 5) is 11.0. The van der Waals surface area contributed by atoms with E-state index in [0.29, 0.717) is 0 Å². The average Bonchev–Trinajstić information content (AvgIpc) is 2.18. The molecule has 2 amide bonds. The molecule has 76 valence electrons. The van der Waals surface area contributed by atoms with E-state index in [1.54, 1.807) is 19.2 Å². The van der Waals surface area contributed by atoms with Crippen LogP contribution in [0.5, 0.6) is 0 Å². The Kier molecular flexibility index (Phi) is 3.45. The Morgan fingerprint density at radius 1 is 1.36 bits per heavy atom. The van der Waals surface area contributed by atoms with Gasteiger partial charge in [-0.05, 0) is 24.6 Å². The Hall–Kier alpha value is -1.58. The molecule has 0 fully saturated rings. The largest absolute Gasteiger partial charge is 0.341 e. The first-order chi connectivity index (χ1) is 6.63. The van der Waals surface area contributed by atoms with Crippen LogP contribution < -0.4 is 10.6 Å². The van der Waals surface area contributed by atoms with Crippen molar-refractivity contribution in [3.63, 3.8) is 0 Å². The normalized spacial score (nSPS) is 11.9. The topological polar surface area (TPSA) is 41.1 Å². The summed E-state index contributed by atoms with van der Waals surface area (Å²) in [6.45, 7) is 1.84. The average molecular weight is 196 g/mol. The summed E-state index contributed by atoms with van der Waals surface area (Å²) in [5.41, 5.74) is 0.870. The number of benzene rings is 1. The first-order valence-corrected chi connectivity index (χ1v) is 4.37. The van der Waals surface area contributed by atoms with Crippen LogP contribution in [0.1, 0.15) is 18.5 Å². The number of hydrogen-bond acceptors (Lipinski definition) is 1. The minimum Gasteiger partial charge on any atom is -0.341 e. The Bertz CT molecular complexity index is 310. The van der Waals surface area contributed by atoms with E-state index in [2.05, 4.69) is 10.6 Å². The van der Waals surface area contributed by atoms with Crippen molar-refractivity contribution in [2.24, 2.45) is 0 Å². The number of hydrogen-bond donors (Lipinski definition) is 2. The summed E-state index contributed by atoms with van der Waals surface area (Å²) in [7, 11) is 1.55. The van der Waals surface area contributed by atoms with Gasteiger partial charge in [0.25, 0.3) is 0 Å². The second-order valence-electron chi connectivity index (χ2n) is 3.00. The molecule has 0 radical (unpaired) electrons. The molecule has 2 N–H and O–H groups in total. The summed E-state index contributed by atoms with van der Waals surface area (Å²) < 4.78 is 12.6. The van der Waals surface area contributed by atoms with E-state index in [1.165, 1.54) is 12.1 Å². The van der Waals surface area contributed by atoms with E-state index in [1.807, 2.05) is 6.92 Å². The monoisotopic (exact) mass is 196 g/mol. The summed E-state index contributed by atoms with van der Waals surface area (Å²) in [5, 5.41) is 5.15. The predicted molar refractivity (Wildman–Crippen MR) is 52.4 cm³/mol. The molecule has 0 aliphatic rings. The Morgan fingerprint density at radius 3 is 2.43 bits per heavy atom. The molecule has 3 nitrogen and oxygen atoms in total. The smallest absolute Gasteiger partial charge is 0.315 e. The lowest BCUT2D eigenvalue weighted by Gasteiger charge is -2.13. The van der Waals surface area contributed by atoms with Gasteiger partial charge < -0.3 is 10.6 Å². The fourth-order valence-electron chi connectivity index (χ4n) is 1.10. The maximum atomic E-state index is 12.6. The maximum absolute atomic E-state index is 12.6. The SMILES string of the molecule is CNC(=O)NC(C)c1ccc(F)cc1. The molecule has 0 spiro atoms. The second-order valence-corrected chi connectivity index (χ2v) is 3.00. The van der Waals surface area contributed by atoms with Crippen LogP contribution in [0.2, 0.25) is 0 Å². The van der Waals surface area contributed by atoms with Gasteiger partial charge in [0, 0.05) is 7.05 Å². The zero-order valence-corrected chi connectivity index (χ0v) is 8.17. The zero-order valence-electron chi connectivity index (χ0n) is 8.17. The molecule has 0 aliphatic carbocycles. The van der Waals surface area contributed by atoms with E-state index in [4.69, 9.17) is 0 Å². The summed E-state index contributed by atoms with van der Waals surface area (Å²) in [5.74, 6) is -0.277. The zero-order chi connectivity index (χ0) is 10.6. The molecule has 0 saturated carbocycles. The lowest BCUT2D eigenvalue weighted by Crippen LogP contribution is -2.34. The van der Waals surface area contributed by atoms with E-state index in [9.17, 15) is 9.18 Å². The van der Waals surface area contributed by atoms with Crippen molar-refractivity contribution in [2.75, 3.05) is 7.05 Å². The highest BCUT2D eigenvalue weighted by molar-refractivity contribution is 5.73. The lowest BCUT2D eigenvalue weighted by molar-refractivity contribution is 0.240. The van der Waals surface area contributed by atoms with Gasteiger partial charge in [-0.1, -0.05) is 12.1 Å². The lowest BCUT2D eigenvalue weighted by atomic mass is 10.1. The molecule has 0 bridgehead atoms. The third-order valence-electron chi connectivity index (χ3n) is 1.94. The van der Waals surface area contributed by atoms with Gasteiger partial charge in [0.2, 0.25) is 0 Å². The van der Waals surface area contributed by atoms with Crippen molar-refractivity contribution < 1.29 is 9.18 Å². The molecule has 1 atom stereocenters. The molecule has 0 saturated heterocycles. The number of carbonyl (C=O) groups is 1.